The zero-order valence-corrected chi connectivity index (χ0v) is 18.2. The van der Waals surface area contributed by atoms with Crippen LogP contribution < -0.4 is 0 Å². The average Bonchev–Trinajstić information content (AvgIpc) is 3.14. The van der Waals surface area contributed by atoms with Crippen molar-refractivity contribution < 1.29 is 17.0 Å². The quantitative estimate of drug-likeness (QED) is 0.529. The van der Waals surface area contributed by atoms with Crippen LogP contribution in [0.1, 0.15) is 57.6 Å². The Balaban J connectivity index is 0.000000647. The molecule has 0 radical (unpaired) electrons. The molecule has 0 amide bonds. The van der Waals surface area contributed by atoms with Crippen molar-refractivity contribution in [2.75, 3.05) is 13.1 Å². The van der Waals surface area contributed by atoms with E-state index in [9.17, 15) is 0 Å². The van der Waals surface area contributed by atoms with Gasteiger partial charge in [-0.3, -0.25) is 4.90 Å². The predicted molar refractivity (Wildman–Crippen MR) is 102 cm³/mol. The van der Waals surface area contributed by atoms with Gasteiger partial charge in [0, 0.05) is 12.5 Å². The van der Waals surface area contributed by atoms with Gasteiger partial charge in [-0.1, -0.05) is 35.4 Å². The van der Waals surface area contributed by atoms with Gasteiger partial charge in [-0.15, -0.1) is 0 Å². The monoisotopic (exact) mass is 399 g/mol. The van der Waals surface area contributed by atoms with Crippen LogP contribution in [0.5, 0.6) is 0 Å². The molecule has 0 spiro atoms. The maximum absolute atomic E-state index is 4.89. The SMILES string of the molecule is CC1=C(C)C(c2ccccc2CN2CCCC2)C(C)=C1C.[Cl][Ti][Cl]. The van der Waals surface area contributed by atoms with Gasteiger partial charge in [0.05, 0.1) is 0 Å². The molecule has 1 aromatic carbocycles. The van der Waals surface area contributed by atoms with Gasteiger partial charge in [-0.2, -0.15) is 0 Å². The van der Waals surface area contributed by atoms with Crippen molar-refractivity contribution in [3.8, 4) is 0 Å². The Morgan fingerprint density at radius 1 is 0.958 bits per heavy atom. The standard InChI is InChI=1S/C20H27N.2ClH.Ti/c1-14-15(2)17(4)20(16(14)3)19-10-6-5-9-18(19)13-21-11-7-8-12-21;;;/h5-6,9-10,20H,7-8,11-13H2,1-4H3;2*1H;/q;;;+2/p-2. The van der Waals surface area contributed by atoms with Gasteiger partial charge in [0.25, 0.3) is 0 Å². The Morgan fingerprint density at radius 3 is 2.00 bits per heavy atom. The van der Waals surface area contributed by atoms with Crippen LogP contribution in [0.2, 0.25) is 0 Å². The number of likely N-dealkylation sites (tertiary alicyclic amines) is 1. The van der Waals surface area contributed by atoms with Crippen molar-refractivity contribution in [1.29, 1.82) is 0 Å². The molecule has 1 saturated heterocycles. The third kappa shape index (κ3) is 4.56. The number of benzene rings is 1. The van der Waals surface area contributed by atoms with Gasteiger partial charge in [-0.25, -0.2) is 0 Å². The van der Waals surface area contributed by atoms with Crippen LogP contribution in [0.4, 0.5) is 0 Å². The third-order valence-corrected chi connectivity index (χ3v) is 5.57. The molecule has 4 heteroatoms. The molecule has 130 valence electrons. The second kappa shape index (κ2) is 9.60. The summed E-state index contributed by atoms with van der Waals surface area (Å²) in [6, 6.07) is 9.07. The van der Waals surface area contributed by atoms with E-state index in [1.165, 1.54) is 48.2 Å². The van der Waals surface area contributed by atoms with E-state index in [4.69, 9.17) is 18.6 Å². The van der Waals surface area contributed by atoms with Crippen LogP contribution in [0.25, 0.3) is 0 Å². The summed E-state index contributed by atoms with van der Waals surface area (Å²) in [5.41, 5.74) is 9.11. The van der Waals surface area contributed by atoms with E-state index in [-0.39, 0.29) is 0 Å². The number of hydrogen-bond acceptors (Lipinski definition) is 1. The fourth-order valence-electron chi connectivity index (χ4n) is 3.96. The van der Waals surface area contributed by atoms with Crippen molar-refractivity contribution in [2.24, 2.45) is 0 Å². The summed E-state index contributed by atoms with van der Waals surface area (Å²) in [5.74, 6) is 0.504. The van der Waals surface area contributed by atoms with Gasteiger partial charge < -0.3 is 0 Å². The number of nitrogens with zero attached hydrogens (tertiary/aromatic N) is 1. The minimum atomic E-state index is -0.556. The molecule has 1 fully saturated rings. The van der Waals surface area contributed by atoms with Gasteiger partial charge in [0.15, 0.2) is 0 Å². The first-order valence-corrected chi connectivity index (χ1v) is 12.9. The number of rotatable bonds is 3. The Labute approximate surface area is 163 Å². The van der Waals surface area contributed by atoms with Crippen LogP contribution >= 0.6 is 18.6 Å². The summed E-state index contributed by atoms with van der Waals surface area (Å²) in [6.07, 6.45) is 2.73. The summed E-state index contributed by atoms with van der Waals surface area (Å²) in [6.45, 7) is 12.8. The fourth-order valence-corrected chi connectivity index (χ4v) is 3.96. The fraction of sp³-hybridized carbons (Fsp3) is 0.500. The van der Waals surface area contributed by atoms with Gasteiger partial charge in [0.2, 0.25) is 0 Å². The van der Waals surface area contributed by atoms with Gasteiger partial charge >= 0.3 is 35.6 Å². The summed E-state index contributed by atoms with van der Waals surface area (Å²) >= 11 is -0.556. The first-order valence-electron chi connectivity index (χ1n) is 8.62. The zero-order valence-electron chi connectivity index (χ0n) is 15.1. The molecule has 24 heavy (non-hydrogen) atoms. The van der Waals surface area contributed by atoms with Crippen molar-refractivity contribution in [1.82, 2.24) is 4.90 Å². The molecule has 2 aliphatic rings. The molecule has 0 saturated carbocycles. The Kier molecular flexibility index (Phi) is 8.10. The molecular weight excluding hydrogens is 373 g/mol. The van der Waals surface area contributed by atoms with Crippen LogP contribution in [-0.2, 0) is 23.6 Å². The van der Waals surface area contributed by atoms with E-state index in [1.54, 1.807) is 11.1 Å². The normalized spacial score (nSPS) is 18.9. The summed E-state index contributed by atoms with van der Waals surface area (Å²) in [5, 5.41) is 0. The molecule has 0 N–H and O–H groups in total. The molecule has 3 rings (SSSR count). The molecule has 0 bridgehead atoms. The third-order valence-electron chi connectivity index (χ3n) is 5.57. The summed E-state index contributed by atoms with van der Waals surface area (Å²) in [4.78, 5) is 2.60. The molecule has 1 heterocycles. The Bertz CT molecular complexity index is 606. The maximum atomic E-state index is 4.89. The molecule has 1 aliphatic heterocycles. The summed E-state index contributed by atoms with van der Waals surface area (Å²) < 4.78 is 0. The second-order valence-corrected chi connectivity index (χ2v) is 9.38. The first kappa shape index (κ1) is 20.3. The van der Waals surface area contributed by atoms with Crippen molar-refractivity contribution in [3.63, 3.8) is 0 Å². The average molecular weight is 400 g/mol. The van der Waals surface area contributed by atoms with Gasteiger partial charge in [0.1, 0.15) is 0 Å². The molecule has 0 aromatic heterocycles. The Morgan fingerprint density at radius 2 is 1.46 bits per heavy atom. The topological polar surface area (TPSA) is 3.24 Å². The van der Waals surface area contributed by atoms with Crippen molar-refractivity contribution in [3.05, 3.63) is 57.7 Å². The Hall–Kier alpha value is -0.0457. The predicted octanol–water partition coefficient (Wildman–Crippen LogP) is 6.43. The van der Waals surface area contributed by atoms with Crippen LogP contribution in [0.15, 0.2) is 46.6 Å². The number of hydrogen-bond donors (Lipinski definition) is 0. The van der Waals surface area contributed by atoms with E-state index >= 15 is 0 Å². The molecular formula is C20H27Cl2NTi. The van der Waals surface area contributed by atoms with E-state index < -0.39 is 17.0 Å². The van der Waals surface area contributed by atoms with Crippen LogP contribution in [-0.4, -0.2) is 18.0 Å². The molecule has 1 aliphatic carbocycles. The molecule has 1 aromatic rings. The van der Waals surface area contributed by atoms with E-state index in [0.29, 0.717) is 5.92 Å². The minimum absolute atomic E-state index is 0.504. The van der Waals surface area contributed by atoms with E-state index in [0.717, 1.165) is 6.54 Å². The number of allylic oxidation sites excluding steroid dienone is 4. The molecule has 1 nitrogen and oxygen atoms in total. The second-order valence-electron chi connectivity index (χ2n) is 6.80. The van der Waals surface area contributed by atoms with E-state index in [2.05, 4.69) is 56.9 Å². The first-order chi connectivity index (χ1) is 11.5. The summed E-state index contributed by atoms with van der Waals surface area (Å²) in [7, 11) is 9.78. The van der Waals surface area contributed by atoms with E-state index in [1.807, 2.05) is 0 Å². The van der Waals surface area contributed by atoms with Crippen molar-refractivity contribution >= 4 is 18.6 Å². The molecule has 0 unspecified atom stereocenters. The van der Waals surface area contributed by atoms with Crippen molar-refractivity contribution in [2.45, 2.75) is 53.0 Å². The molecule has 0 atom stereocenters. The van der Waals surface area contributed by atoms with Crippen LogP contribution in [0.3, 0.4) is 0 Å². The van der Waals surface area contributed by atoms with Crippen LogP contribution in [0, 0.1) is 0 Å². The zero-order chi connectivity index (χ0) is 17.7. The number of halogens is 2. The van der Waals surface area contributed by atoms with Gasteiger partial charge in [-0.05, 0) is 75.9 Å².